The van der Waals surface area contributed by atoms with E-state index in [4.69, 9.17) is 10.5 Å². The van der Waals surface area contributed by atoms with Crippen molar-refractivity contribution in [1.82, 2.24) is 4.98 Å². The van der Waals surface area contributed by atoms with Crippen molar-refractivity contribution in [3.63, 3.8) is 0 Å². The van der Waals surface area contributed by atoms with Gasteiger partial charge in [-0.1, -0.05) is 13.0 Å². The predicted molar refractivity (Wildman–Crippen MR) is 90.7 cm³/mol. The summed E-state index contributed by atoms with van der Waals surface area (Å²) in [5.74, 6) is -4.27. The quantitative estimate of drug-likeness (QED) is 0.551. The second-order valence-electron chi connectivity index (χ2n) is 5.46. The summed E-state index contributed by atoms with van der Waals surface area (Å²) in [6, 6.07) is 3.33. The first-order valence-electron chi connectivity index (χ1n) is 7.66. The van der Waals surface area contributed by atoms with Crippen LogP contribution in [-0.2, 0) is 11.3 Å². The van der Waals surface area contributed by atoms with Crippen LogP contribution in [0, 0.1) is 5.82 Å². The number of pyridine rings is 1. The zero-order chi connectivity index (χ0) is 19.4. The van der Waals surface area contributed by atoms with E-state index in [1.165, 1.54) is 6.07 Å². The van der Waals surface area contributed by atoms with Crippen molar-refractivity contribution >= 4 is 17.8 Å². The van der Waals surface area contributed by atoms with Crippen LogP contribution in [-0.4, -0.2) is 33.7 Å². The van der Waals surface area contributed by atoms with Gasteiger partial charge in [-0.2, -0.15) is 0 Å². The van der Waals surface area contributed by atoms with E-state index in [2.05, 4.69) is 0 Å². The molecule has 0 spiro atoms. The van der Waals surface area contributed by atoms with Gasteiger partial charge < -0.3 is 25.7 Å². The normalized spacial score (nSPS) is 10.7. The molecular formula is C17H17FN2O6. The summed E-state index contributed by atoms with van der Waals surface area (Å²) in [4.78, 5) is 37.3. The van der Waals surface area contributed by atoms with E-state index in [0.717, 1.165) is 12.1 Å². The van der Waals surface area contributed by atoms with Crippen LogP contribution in [0.15, 0.2) is 23.0 Å². The Bertz CT molecular complexity index is 922. The number of halogens is 1. The van der Waals surface area contributed by atoms with Crippen LogP contribution in [0.1, 0.15) is 39.6 Å². The molecule has 5 N–H and O–H groups in total. The Balaban J connectivity index is 2.85. The van der Waals surface area contributed by atoms with Gasteiger partial charge in [0.15, 0.2) is 0 Å². The van der Waals surface area contributed by atoms with Crippen molar-refractivity contribution in [3.8, 4) is 11.1 Å². The lowest BCUT2D eigenvalue weighted by Crippen LogP contribution is -2.24. The van der Waals surface area contributed by atoms with Gasteiger partial charge in [0.25, 0.3) is 5.56 Å². The monoisotopic (exact) mass is 364 g/mol. The smallest absolute Gasteiger partial charge is 0.342 e. The third-order valence-electron chi connectivity index (χ3n) is 3.61. The Morgan fingerprint density at radius 2 is 1.88 bits per heavy atom. The number of nitrogens with two attached hydrogens (primary N) is 1. The summed E-state index contributed by atoms with van der Waals surface area (Å²) in [5.41, 5.74) is 3.04. The number of anilines is 1. The van der Waals surface area contributed by atoms with Gasteiger partial charge >= 0.3 is 11.9 Å². The highest BCUT2D eigenvalue weighted by atomic mass is 19.1. The lowest BCUT2D eigenvalue weighted by molar-refractivity contribution is 0.0695. The Labute approximate surface area is 147 Å². The zero-order valence-electron chi connectivity index (χ0n) is 13.8. The predicted octanol–water partition coefficient (Wildman–Crippen LogP) is 2.09. The van der Waals surface area contributed by atoms with E-state index in [1.54, 1.807) is 0 Å². The zero-order valence-corrected chi connectivity index (χ0v) is 13.8. The molecule has 0 aliphatic rings. The maximum atomic E-state index is 13.7. The number of aromatic nitrogens is 1. The van der Waals surface area contributed by atoms with Gasteiger partial charge in [0.2, 0.25) is 0 Å². The number of carboxylic acids is 2. The lowest BCUT2D eigenvalue weighted by atomic mass is 9.92. The molecule has 0 saturated heterocycles. The lowest BCUT2D eigenvalue weighted by Gasteiger charge is -2.16. The largest absolute Gasteiger partial charge is 0.478 e. The molecule has 138 valence electrons. The minimum Gasteiger partial charge on any atom is -0.478 e. The SMILES string of the molecule is CCCOCc1cc(F)ccc1-c1c(C(=O)O)c(N)[nH]c(=O)c1C(=O)O. The van der Waals surface area contributed by atoms with Crippen molar-refractivity contribution in [2.75, 3.05) is 12.3 Å². The van der Waals surface area contributed by atoms with E-state index in [0.29, 0.717) is 13.0 Å². The number of ether oxygens (including phenoxy) is 1. The van der Waals surface area contributed by atoms with Gasteiger partial charge in [-0.05, 0) is 29.7 Å². The number of carboxylic acid groups (broad SMARTS) is 2. The van der Waals surface area contributed by atoms with Crippen LogP contribution in [0.3, 0.4) is 0 Å². The average Bonchev–Trinajstić information content (AvgIpc) is 2.53. The van der Waals surface area contributed by atoms with Crippen LogP contribution >= 0.6 is 0 Å². The molecule has 0 bridgehead atoms. The molecule has 1 aromatic heterocycles. The maximum absolute atomic E-state index is 13.7. The number of nitrogen functional groups attached to an aromatic ring is 1. The third kappa shape index (κ3) is 3.72. The molecule has 2 rings (SSSR count). The van der Waals surface area contributed by atoms with Gasteiger partial charge in [-0.3, -0.25) is 4.79 Å². The number of nitrogens with one attached hydrogen (secondary N) is 1. The van der Waals surface area contributed by atoms with Crippen LogP contribution in [0.5, 0.6) is 0 Å². The van der Waals surface area contributed by atoms with Crippen molar-refractivity contribution < 1.29 is 28.9 Å². The first-order chi connectivity index (χ1) is 12.3. The number of carbonyl (C=O) groups is 2. The molecule has 26 heavy (non-hydrogen) atoms. The molecule has 8 nitrogen and oxygen atoms in total. The minimum atomic E-state index is -1.63. The molecule has 2 aromatic rings. The summed E-state index contributed by atoms with van der Waals surface area (Å²) in [5, 5.41) is 18.9. The number of aromatic amines is 1. The second-order valence-corrected chi connectivity index (χ2v) is 5.46. The van der Waals surface area contributed by atoms with Crippen LogP contribution in [0.2, 0.25) is 0 Å². The number of aromatic carboxylic acids is 2. The fraction of sp³-hybridized carbons (Fsp3) is 0.235. The van der Waals surface area contributed by atoms with E-state index >= 15 is 0 Å². The summed E-state index contributed by atoms with van der Waals surface area (Å²) in [7, 11) is 0. The highest BCUT2D eigenvalue weighted by molar-refractivity contribution is 6.07. The van der Waals surface area contributed by atoms with E-state index in [-0.39, 0.29) is 23.3 Å². The molecular weight excluding hydrogens is 347 g/mol. The number of hydrogen-bond acceptors (Lipinski definition) is 5. The Morgan fingerprint density at radius 3 is 2.46 bits per heavy atom. The first kappa shape index (κ1) is 19.1. The highest BCUT2D eigenvalue weighted by Crippen LogP contribution is 2.32. The molecule has 1 aromatic carbocycles. The Kier molecular flexibility index (Phi) is 5.73. The van der Waals surface area contributed by atoms with E-state index in [1.807, 2.05) is 11.9 Å². The van der Waals surface area contributed by atoms with Gasteiger partial charge in [0.1, 0.15) is 22.8 Å². The van der Waals surface area contributed by atoms with Gasteiger partial charge in [-0.15, -0.1) is 0 Å². The highest BCUT2D eigenvalue weighted by Gasteiger charge is 2.28. The Morgan fingerprint density at radius 1 is 1.23 bits per heavy atom. The molecule has 0 amide bonds. The van der Waals surface area contributed by atoms with Crippen LogP contribution in [0.4, 0.5) is 10.2 Å². The average molecular weight is 364 g/mol. The van der Waals surface area contributed by atoms with Crippen LogP contribution in [0.25, 0.3) is 11.1 Å². The summed E-state index contributed by atoms with van der Waals surface area (Å²) in [6.45, 7) is 2.14. The molecule has 0 atom stereocenters. The number of H-pyrrole nitrogens is 1. The van der Waals surface area contributed by atoms with E-state index < -0.39 is 40.3 Å². The van der Waals surface area contributed by atoms with Crippen molar-refractivity contribution in [2.24, 2.45) is 0 Å². The fourth-order valence-corrected chi connectivity index (χ4v) is 2.57. The first-order valence-corrected chi connectivity index (χ1v) is 7.66. The second kappa shape index (κ2) is 7.79. The standard InChI is InChI=1S/C17H17FN2O6/c1-2-5-26-7-8-6-9(18)3-4-10(8)11-12(16(22)23)14(19)20-15(21)13(11)17(24)25/h3-4,6H,2,5,7H2,1H3,(H,22,23)(H,24,25)(H3,19,20,21). The fourth-order valence-electron chi connectivity index (χ4n) is 2.57. The minimum absolute atomic E-state index is 0.0510. The summed E-state index contributed by atoms with van der Waals surface area (Å²) >= 11 is 0. The van der Waals surface area contributed by atoms with Gasteiger partial charge in [0.05, 0.1) is 6.61 Å². The molecule has 0 fully saturated rings. The maximum Gasteiger partial charge on any atom is 0.342 e. The van der Waals surface area contributed by atoms with Gasteiger partial charge in [-0.25, -0.2) is 14.0 Å². The summed E-state index contributed by atoms with van der Waals surface area (Å²) in [6.07, 6.45) is 0.698. The summed E-state index contributed by atoms with van der Waals surface area (Å²) < 4.78 is 19.0. The molecule has 0 unspecified atom stereocenters. The van der Waals surface area contributed by atoms with Crippen molar-refractivity contribution in [3.05, 3.63) is 51.1 Å². The van der Waals surface area contributed by atoms with Crippen molar-refractivity contribution in [2.45, 2.75) is 20.0 Å². The molecule has 1 heterocycles. The topological polar surface area (TPSA) is 143 Å². The number of benzene rings is 1. The third-order valence-corrected chi connectivity index (χ3v) is 3.61. The molecule has 0 radical (unpaired) electrons. The Hall–Kier alpha value is -3.20. The molecule has 0 aliphatic carbocycles. The van der Waals surface area contributed by atoms with Gasteiger partial charge in [0, 0.05) is 12.2 Å². The van der Waals surface area contributed by atoms with Crippen LogP contribution < -0.4 is 11.3 Å². The van der Waals surface area contributed by atoms with Crippen molar-refractivity contribution in [1.29, 1.82) is 0 Å². The number of hydrogen-bond donors (Lipinski definition) is 4. The molecule has 0 saturated carbocycles. The molecule has 9 heteroatoms. The molecule has 0 aliphatic heterocycles. The van der Waals surface area contributed by atoms with E-state index in [9.17, 15) is 29.0 Å². The number of rotatable bonds is 7.